The third-order valence-corrected chi connectivity index (χ3v) is 4.48. The van der Waals surface area contributed by atoms with Gasteiger partial charge in [0.05, 0.1) is 6.21 Å². The monoisotopic (exact) mass is 340 g/mol. The highest BCUT2D eigenvalue weighted by molar-refractivity contribution is 7.98. The van der Waals surface area contributed by atoms with Crippen LogP contribution in [0.5, 0.6) is 0 Å². The Bertz CT molecular complexity index is 891. The van der Waals surface area contributed by atoms with E-state index in [0.717, 1.165) is 16.7 Å². The highest BCUT2D eigenvalue weighted by atomic mass is 32.2. The van der Waals surface area contributed by atoms with E-state index in [-0.39, 0.29) is 0 Å². The standard InChI is InChI=1S/C17H16N4S2/c1-12-5-3-4-6-15(12)16-19-20-17(22)21(16)18-11-13-7-9-14(23-2)10-8-13/h3-11H,1-2H3,(H,20,22). The molecule has 1 N–H and O–H groups in total. The summed E-state index contributed by atoms with van der Waals surface area (Å²) in [5.74, 6) is 0.713. The van der Waals surface area contributed by atoms with Crippen LogP contribution >= 0.6 is 24.0 Å². The van der Waals surface area contributed by atoms with Gasteiger partial charge in [0.2, 0.25) is 4.77 Å². The van der Waals surface area contributed by atoms with Gasteiger partial charge in [-0.25, -0.2) is 5.10 Å². The predicted molar refractivity (Wildman–Crippen MR) is 98.8 cm³/mol. The molecule has 1 heterocycles. The zero-order valence-electron chi connectivity index (χ0n) is 12.9. The fourth-order valence-electron chi connectivity index (χ4n) is 2.21. The van der Waals surface area contributed by atoms with E-state index in [0.29, 0.717) is 10.6 Å². The summed E-state index contributed by atoms with van der Waals surface area (Å²) >= 11 is 7.01. The smallest absolute Gasteiger partial charge is 0.216 e. The van der Waals surface area contributed by atoms with Crippen LogP contribution in [-0.4, -0.2) is 27.3 Å². The molecule has 0 fully saturated rings. The minimum Gasteiger partial charge on any atom is -0.250 e. The van der Waals surface area contributed by atoms with E-state index in [2.05, 4.69) is 33.7 Å². The summed E-state index contributed by atoms with van der Waals surface area (Å²) in [4.78, 5) is 1.22. The molecular formula is C17H16N4S2. The van der Waals surface area contributed by atoms with Crippen LogP contribution < -0.4 is 0 Å². The SMILES string of the molecule is CSc1ccc(C=Nn2c(-c3ccccc3C)n[nH]c2=S)cc1. The first-order valence-corrected chi connectivity index (χ1v) is 8.74. The van der Waals surface area contributed by atoms with Crippen LogP contribution in [0.3, 0.4) is 0 Å². The largest absolute Gasteiger partial charge is 0.250 e. The average Bonchev–Trinajstić information content (AvgIpc) is 2.94. The maximum atomic E-state index is 5.30. The van der Waals surface area contributed by atoms with E-state index in [4.69, 9.17) is 12.2 Å². The summed E-state index contributed by atoms with van der Waals surface area (Å²) in [6, 6.07) is 16.3. The van der Waals surface area contributed by atoms with Gasteiger partial charge in [0.1, 0.15) is 0 Å². The van der Waals surface area contributed by atoms with Crippen molar-refractivity contribution >= 4 is 30.2 Å². The van der Waals surface area contributed by atoms with Crippen molar-refractivity contribution in [1.29, 1.82) is 0 Å². The molecule has 3 rings (SSSR count). The van der Waals surface area contributed by atoms with E-state index in [1.807, 2.05) is 43.3 Å². The molecule has 23 heavy (non-hydrogen) atoms. The third kappa shape index (κ3) is 3.43. The number of H-pyrrole nitrogens is 1. The van der Waals surface area contributed by atoms with Gasteiger partial charge < -0.3 is 0 Å². The number of benzene rings is 2. The van der Waals surface area contributed by atoms with Gasteiger partial charge in [0.15, 0.2) is 5.82 Å². The van der Waals surface area contributed by atoms with Crippen molar-refractivity contribution < 1.29 is 0 Å². The molecule has 0 aliphatic rings. The topological polar surface area (TPSA) is 46.0 Å². The maximum Gasteiger partial charge on any atom is 0.216 e. The Labute approximate surface area is 144 Å². The molecule has 1 aromatic heterocycles. The Kier molecular flexibility index (Phi) is 4.73. The zero-order valence-corrected chi connectivity index (χ0v) is 14.5. The number of aromatic amines is 1. The highest BCUT2D eigenvalue weighted by Gasteiger charge is 2.09. The van der Waals surface area contributed by atoms with Gasteiger partial charge in [0, 0.05) is 10.5 Å². The summed E-state index contributed by atoms with van der Waals surface area (Å²) in [5.41, 5.74) is 3.15. The number of nitrogens with zero attached hydrogens (tertiary/aromatic N) is 3. The van der Waals surface area contributed by atoms with Gasteiger partial charge in [-0.3, -0.25) is 0 Å². The molecule has 4 nitrogen and oxygen atoms in total. The van der Waals surface area contributed by atoms with Gasteiger partial charge >= 0.3 is 0 Å². The number of thioether (sulfide) groups is 1. The fourth-order valence-corrected chi connectivity index (χ4v) is 2.80. The Morgan fingerprint density at radius 3 is 2.61 bits per heavy atom. The number of nitrogens with one attached hydrogen (secondary N) is 1. The lowest BCUT2D eigenvalue weighted by molar-refractivity contribution is 0.870. The van der Waals surface area contributed by atoms with Gasteiger partial charge in [-0.05, 0) is 48.7 Å². The number of aromatic nitrogens is 3. The van der Waals surface area contributed by atoms with Gasteiger partial charge in [-0.15, -0.1) is 11.8 Å². The van der Waals surface area contributed by atoms with E-state index in [1.54, 1.807) is 22.7 Å². The van der Waals surface area contributed by atoms with Crippen LogP contribution in [0.15, 0.2) is 58.5 Å². The highest BCUT2D eigenvalue weighted by Crippen LogP contribution is 2.21. The Morgan fingerprint density at radius 2 is 1.91 bits per heavy atom. The first kappa shape index (κ1) is 15.7. The van der Waals surface area contributed by atoms with E-state index >= 15 is 0 Å². The van der Waals surface area contributed by atoms with Crippen LogP contribution in [0.4, 0.5) is 0 Å². The van der Waals surface area contributed by atoms with Crippen molar-refractivity contribution in [1.82, 2.24) is 14.9 Å². The molecule has 0 radical (unpaired) electrons. The van der Waals surface area contributed by atoms with Gasteiger partial charge in [-0.1, -0.05) is 36.4 Å². The molecule has 0 atom stereocenters. The number of hydrogen-bond donors (Lipinski definition) is 1. The van der Waals surface area contributed by atoms with Crippen LogP contribution in [0.25, 0.3) is 11.4 Å². The summed E-state index contributed by atoms with van der Waals surface area (Å²) in [5, 5.41) is 11.6. The maximum absolute atomic E-state index is 5.30. The Balaban J connectivity index is 1.97. The molecule has 0 bridgehead atoms. The van der Waals surface area contributed by atoms with Crippen molar-refractivity contribution in [2.24, 2.45) is 5.10 Å². The minimum atomic E-state index is 0.472. The summed E-state index contributed by atoms with van der Waals surface area (Å²) in [6.45, 7) is 2.04. The summed E-state index contributed by atoms with van der Waals surface area (Å²) in [7, 11) is 0. The normalized spacial score (nSPS) is 11.2. The van der Waals surface area contributed by atoms with Crippen molar-refractivity contribution in [2.75, 3.05) is 6.26 Å². The molecule has 0 amide bonds. The molecule has 0 saturated carbocycles. The predicted octanol–water partition coefficient (Wildman–Crippen LogP) is 4.52. The molecular weight excluding hydrogens is 324 g/mol. The van der Waals surface area contributed by atoms with Crippen LogP contribution in [0.1, 0.15) is 11.1 Å². The average molecular weight is 340 g/mol. The summed E-state index contributed by atoms with van der Waals surface area (Å²) in [6.07, 6.45) is 3.85. The lowest BCUT2D eigenvalue weighted by atomic mass is 10.1. The second kappa shape index (κ2) is 6.93. The first-order chi connectivity index (χ1) is 11.2. The minimum absolute atomic E-state index is 0.472. The van der Waals surface area contributed by atoms with Crippen LogP contribution in [0.2, 0.25) is 0 Å². The third-order valence-electron chi connectivity index (χ3n) is 3.47. The van der Waals surface area contributed by atoms with E-state index < -0.39 is 0 Å². The number of aryl methyl sites for hydroxylation is 1. The lowest BCUT2D eigenvalue weighted by Crippen LogP contribution is -1.96. The molecule has 0 unspecified atom stereocenters. The van der Waals surface area contributed by atoms with Crippen LogP contribution in [0, 0.1) is 11.7 Å². The quantitative estimate of drug-likeness (QED) is 0.431. The van der Waals surface area contributed by atoms with E-state index in [1.165, 1.54) is 4.90 Å². The molecule has 0 spiro atoms. The Morgan fingerprint density at radius 1 is 1.17 bits per heavy atom. The second-order valence-electron chi connectivity index (χ2n) is 5.00. The number of rotatable bonds is 4. The number of hydrogen-bond acceptors (Lipinski definition) is 4. The first-order valence-electron chi connectivity index (χ1n) is 7.11. The fraction of sp³-hybridized carbons (Fsp3) is 0.118. The van der Waals surface area contributed by atoms with Crippen LogP contribution in [-0.2, 0) is 0 Å². The van der Waals surface area contributed by atoms with Crippen molar-refractivity contribution in [3.63, 3.8) is 0 Å². The van der Waals surface area contributed by atoms with Crippen molar-refractivity contribution in [2.45, 2.75) is 11.8 Å². The molecule has 6 heteroatoms. The zero-order chi connectivity index (χ0) is 16.2. The molecule has 0 aliphatic heterocycles. The summed E-state index contributed by atoms with van der Waals surface area (Å²) < 4.78 is 2.13. The Hall–Kier alpha value is -2.18. The lowest BCUT2D eigenvalue weighted by Gasteiger charge is -2.04. The molecule has 0 saturated heterocycles. The second-order valence-corrected chi connectivity index (χ2v) is 6.26. The molecule has 2 aromatic carbocycles. The van der Waals surface area contributed by atoms with Crippen molar-refractivity contribution in [3.05, 3.63) is 64.4 Å². The van der Waals surface area contributed by atoms with Crippen molar-refractivity contribution in [3.8, 4) is 11.4 Å². The molecule has 0 aliphatic carbocycles. The molecule has 3 aromatic rings. The van der Waals surface area contributed by atoms with Gasteiger partial charge in [0.25, 0.3) is 0 Å². The van der Waals surface area contributed by atoms with E-state index in [9.17, 15) is 0 Å². The molecule has 116 valence electrons. The van der Waals surface area contributed by atoms with Gasteiger partial charge in [-0.2, -0.15) is 14.9 Å².